The molecule has 11 heteroatoms. The van der Waals surface area contributed by atoms with Crippen LogP contribution in [0.5, 0.6) is 11.5 Å². The molecule has 2 aromatic rings. The summed E-state index contributed by atoms with van der Waals surface area (Å²) in [7, 11) is 1.00. The topological polar surface area (TPSA) is 117 Å². The van der Waals surface area contributed by atoms with Crippen LogP contribution in [0.25, 0.3) is 0 Å². The van der Waals surface area contributed by atoms with Gasteiger partial charge in [-0.25, -0.2) is 8.42 Å². The van der Waals surface area contributed by atoms with E-state index >= 15 is 0 Å². The minimum Gasteiger partial charge on any atom is -0.490 e. The van der Waals surface area contributed by atoms with Crippen LogP contribution in [0.15, 0.2) is 47.4 Å². The number of rotatable bonds is 6. The number of nitrogens with one attached hydrogen (secondary N) is 2. The minimum absolute atomic E-state index is 0.0263. The Bertz CT molecular complexity index is 1100. The van der Waals surface area contributed by atoms with E-state index in [4.69, 9.17) is 9.47 Å². The Labute approximate surface area is 187 Å². The molecule has 0 spiro atoms. The summed E-state index contributed by atoms with van der Waals surface area (Å²) in [5.41, 5.74) is 5.71. The van der Waals surface area contributed by atoms with Crippen LogP contribution in [0.4, 0.5) is 5.69 Å². The molecule has 2 amide bonds. The van der Waals surface area contributed by atoms with Gasteiger partial charge in [-0.2, -0.15) is 4.31 Å². The predicted molar refractivity (Wildman–Crippen MR) is 118 cm³/mol. The number of carbonyl (C=O) groups is 2. The van der Waals surface area contributed by atoms with Gasteiger partial charge in [-0.1, -0.05) is 6.07 Å². The quantitative estimate of drug-likeness (QED) is 0.615. The molecule has 1 aliphatic rings. The van der Waals surface area contributed by atoms with E-state index in [1.54, 1.807) is 18.2 Å². The molecule has 0 bridgehead atoms. The molecule has 0 fully saturated rings. The summed E-state index contributed by atoms with van der Waals surface area (Å²) in [4.78, 5) is 26.3. The van der Waals surface area contributed by atoms with Crippen molar-refractivity contribution in [3.05, 3.63) is 48.0 Å². The molecule has 32 heavy (non-hydrogen) atoms. The number of anilines is 1. The van der Waals surface area contributed by atoms with Gasteiger partial charge in [-0.05, 0) is 30.3 Å². The number of carbonyl (C=O) groups excluding carboxylic acids is 2. The van der Waals surface area contributed by atoms with Crippen LogP contribution in [0.2, 0.25) is 0 Å². The van der Waals surface area contributed by atoms with Gasteiger partial charge in [-0.3, -0.25) is 20.4 Å². The van der Waals surface area contributed by atoms with Gasteiger partial charge in [-0.15, -0.1) is 0 Å². The summed E-state index contributed by atoms with van der Waals surface area (Å²) >= 11 is 0. The maximum atomic E-state index is 12.9. The van der Waals surface area contributed by atoms with E-state index in [0.29, 0.717) is 36.7 Å². The molecule has 1 aliphatic heterocycles. The van der Waals surface area contributed by atoms with Crippen molar-refractivity contribution in [1.82, 2.24) is 15.2 Å². The normalized spacial score (nSPS) is 13.2. The van der Waals surface area contributed by atoms with E-state index in [1.807, 2.05) is 25.1 Å². The molecule has 172 valence electrons. The van der Waals surface area contributed by atoms with Gasteiger partial charge in [0.25, 0.3) is 11.8 Å². The Morgan fingerprint density at radius 2 is 1.69 bits per heavy atom. The lowest BCUT2D eigenvalue weighted by atomic mass is 10.2. The summed E-state index contributed by atoms with van der Waals surface area (Å²) in [6, 6.07) is 11.2. The minimum atomic E-state index is -3.97. The number of amides is 2. The van der Waals surface area contributed by atoms with Gasteiger partial charge < -0.3 is 14.4 Å². The van der Waals surface area contributed by atoms with E-state index in [0.717, 1.165) is 9.99 Å². The number of sulfonamides is 1. The molecule has 0 aromatic heterocycles. The number of likely N-dealkylation sites (N-methyl/N-ethyl adjacent to an activating group) is 1. The molecule has 0 atom stereocenters. The Balaban J connectivity index is 1.60. The molecule has 0 unspecified atom stereocenters. The third-order valence-corrected chi connectivity index (χ3v) is 6.53. The second-order valence-electron chi connectivity index (χ2n) is 7.37. The van der Waals surface area contributed by atoms with Crippen LogP contribution >= 0.6 is 0 Å². The lowest BCUT2D eigenvalue weighted by molar-refractivity contribution is -0.121. The van der Waals surface area contributed by atoms with Gasteiger partial charge >= 0.3 is 0 Å². The molecule has 0 saturated heterocycles. The van der Waals surface area contributed by atoms with Gasteiger partial charge in [0.15, 0.2) is 11.5 Å². The monoisotopic (exact) mass is 462 g/mol. The number of hydrogen-bond acceptors (Lipinski definition) is 7. The molecule has 10 nitrogen and oxygen atoms in total. The molecule has 3 rings (SSSR count). The Morgan fingerprint density at radius 3 is 2.41 bits per heavy atom. The third kappa shape index (κ3) is 5.48. The highest BCUT2D eigenvalue weighted by atomic mass is 32.2. The lowest BCUT2D eigenvalue weighted by Crippen LogP contribution is -2.46. The van der Waals surface area contributed by atoms with Crippen molar-refractivity contribution < 1.29 is 27.5 Å². The van der Waals surface area contributed by atoms with Gasteiger partial charge in [0.05, 0.1) is 24.7 Å². The zero-order valence-corrected chi connectivity index (χ0v) is 18.9. The Morgan fingerprint density at radius 1 is 0.969 bits per heavy atom. The standard InChI is InChI=1S/C21H26N4O6S/c1-24(2)16-7-4-6-15(12-16)21(27)23-22-20(26)14-25(3)32(28,29)17-8-9-18-19(13-17)31-11-5-10-30-18/h4,6-9,12-13H,5,10-11,14H2,1-3H3,(H,22,26)(H,23,27). The van der Waals surface area contributed by atoms with Crippen molar-refractivity contribution in [3.63, 3.8) is 0 Å². The average molecular weight is 463 g/mol. The second-order valence-corrected chi connectivity index (χ2v) is 9.41. The average Bonchev–Trinajstić information content (AvgIpc) is 3.02. The van der Waals surface area contributed by atoms with Crippen LogP contribution in [0, 0.1) is 0 Å². The van der Waals surface area contributed by atoms with E-state index in [-0.39, 0.29) is 4.90 Å². The summed E-state index contributed by atoms with van der Waals surface area (Å²) in [5.74, 6) is -0.394. The third-order valence-electron chi connectivity index (χ3n) is 4.73. The maximum absolute atomic E-state index is 12.9. The van der Waals surface area contributed by atoms with Gasteiger partial charge in [0, 0.05) is 44.9 Å². The van der Waals surface area contributed by atoms with Crippen molar-refractivity contribution in [3.8, 4) is 11.5 Å². The van der Waals surface area contributed by atoms with Crippen molar-refractivity contribution in [2.24, 2.45) is 0 Å². The number of benzene rings is 2. The van der Waals surface area contributed by atoms with Gasteiger partial charge in [0.2, 0.25) is 10.0 Å². The molecular weight excluding hydrogens is 436 g/mol. The SMILES string of the molecule is CN(C)c1cccc(C(=O)NNC(=O)CN(C)S(=O)(=O)c2ccc3c(c2)OCCCO3)c1. The molecule has 0 saturated carbocycles. The first-order chi connectivity index (χ1) is 15.2. The predicted octanol–water partition coefficient (Wildman–Crippen LogP) is 0.996. The van der Waals surface area contributed by atoms with Crippen molar-refractivity contribution in [1.29, 1.82) is 0 Å². The lowest BCUT2D eigenvalue weighted by Gasteiger charge is -2.18. The Kier molecular flexibility index (Phi) is 7.21. The summed E-state index contributed by atoms with van der Waals surface area (Å²) < 4.78 is 37.7. The van der Waals surface area contributed by atoms with E-state index in [1.165, 1.54) is 25.2 Å². The van der Waals surface area contributed by atoms with Crippen LogP contribution in [-0.2, 0) is 14.8 Å². The number of nitrogens with zero attached hydrogens (tertiary/aromatic N) is 2. The number of fused-ring (bicyclic) bond motifs is 1. The number of hydrogen-bond donors (Lipinski definition) is 2. The molecule has 0 aliphatic carbocycles. The van der Waals surface area contributed by atoms with E-state index in [2.05, 4.69) is 10.9 Å². The molecule has 2 N–H and O–H groups in total. The van der Waals surface area contributed by atoms with Crippen LogP contribution in [-0.4, -0.2) is 65.4 Å². The molecule has 0 radical (unpaired) electrons. The maximum Gasteiger partial charge on any atom is 0.269 e. The van der Waals surface area contributed by atoms with Crippen molar-refractivity contribution in [2.45, 2.75) is 11.3 Å². The second kappa shape index (κ2) is 9.88. The van der Waals surface area contributed by atoms with Crippen molar-refractivity contribution >= 4 is 27.5 Å². The summed E-state index contributed by atoms with van der Waals surface area (Å²) in [6.45, 7) is 0.422. The van der Waals surface area contributed by atoms with E-state index in [9.17, 15) is 18.0 Å². The fraction of sp³-hybridized carbons (Fsp3) is 0.333. The van der Waals surface area contributed by atoms with E-state index < -0.39 is 28.4 Å². The van der Waals surface area contributed by atoms with Gasteiger partial charge in [0.1, 0.15) is 0 Å². The van der Waals surface area contributed by atoms with Crippen LogP contribution < -0.4 is 25.2 Å². The number of ether oxygens (including phenoxy) is 2. The van der Waals surface area contributed by atoms with Crippen LogP contribution in [0.1, 0.15) is 16.8 Å². The van der Waals surface area contributed by atoms with Crippen molar-refractivity contribution in [2.75, 3.05) is 45.8 Å². The molecule has 2 aromatic carbocycles. The fourth-order valence-electron chi connectivity index (χ4n) is 2.93. The van der Waals surface area contributed by atoms with Crippen LogP contribution in [0.3, 0.4) is 0 Å². The fourth-order valence-corrected chi connectivity index (χ4v) is 4.08. The Hall–Kier alpha value is -3.31. The first kappa shape index (κ1) is 23.4. The summed E-state index contributed by atoms with van der Waals surface area (Å²) in [6.07, 6.45) is 0.696. The highest BCUT2D eigenvalue weighted by Crippen LogP contribution is 2.32. The highest BCUT2D eigenvalue weighted by Gasteiger charge is 2.25. The highest BCUT2D eigenvalue weighted by molar-refractivity contribution is 7.89. The smallest absolute Gasteiger partial charge is 0.269 e. The molecular formula is C21H26N4O6S. The largest absolute Gasteiger partial charge is 0.490 e. The first-order valence-electron chi connectivity index (χ1n) is 9.91. The zero-order chi connectivity index (χ0) is 23.3. The molecule has 1 heterocycles. The first-order valence-corrected chi connectivity index (χ1v) is 11.3. The number of hydrazine groups is 1. The zero-order valence-electron chi connectivity index (χ0n) is 18.1. The summed E-state index contributed by atoms with van der Waals surface area (Å²) in [5, 5.41) is 0.